The van der Waals surface area contributed by atoms with E-state index >= 15 is 0 Å². The number of ether oxygens (including phenoxy) is 1. The Balaban J connectivity index is 0.00000242. The van der Waals surface area contributed by atoms with Gasteiger partial charge in [0.2, 0.25) is 0 Å². The molecule has 2 aliphatic heterocycles. The van der Waals surface area contributed by atoms with Crippen LogP contribution in [0.3, 0.4) is 0 Å². The topological polar surface area (TPSA) is 40.1 Å². The number of halogens is 1. The number of rotatable bonds is 5. The molecular formula is C16H33IN4O. The Morgan fingerprint density at radius 1 is 1.18 bits per heavy atom. The van der Waals surface area contributed by atoms with Gasteiger partial charge in [0.05, 0.1) is 13.2 Å². The Bertz CT molecular complexity index is 313. The van der Waals surface area contributed by atoms with Crippen molar-refractivity contribution in [3.63, 3.8) is 0 Å². The summed E-state index contributed by atoms with van der Waals surface area (Å²) < 4.78 is 5.38. The molecule has 0 saturated carbocycles. The van der Waals surface area contributed by atoms with Gasteiger partial charge in [0.1, 0.15) is 0 Å². The Kier molecular flexibility index (Phi) is 10.4. The molecule has 0 bridgehead atoms. The van der Waals surface area contributed by atoms with E-state index in [1.807, 2.05) is 0 Å². The third-order valence-electron chi connectivity index (χ3n) is 4.42. The van der Waals surface area contributed by atoms with E-state index in [0.717, 1.165) is 77.3 Å². The van der Waals surface area contributed by atoms with Gasteiger partial charge in [-0.05, 0) is 32.1 Å². The zero-order chi connectivity index (χ0) is 14.9. The van der Waals surface area contributed by atoms with Crippen LogP contribution in [0.4, 0.5) is 0 Å². The van der Waals surface area contributed by atoms with E-state index < -0.39 is 0 Å². The van der Waals surface area contributed by atoms with Crippen LogP contribution in [-0.4, -0.2) is 74.8 Å². The van der Waals surface area contributed by atoms with Gasteiger partial charge in [-0.25, -0.2) is 0 Å². The van der Waals surface area contributed by atoms with Crippen molar-refractivity contribution in [3.8, 4) is 0 Å². The van der Waals surface area contributed by atoms with E-state index in [9.17, 15) is 0 Å². The average molecular weight is 424 g/mol. The second kappa shape index (κ2) is 11.5. The molecule has 0 unspecified atom stereocenters. The molecule has 0 aromatic heterocycles. The summed E-state index contributed by atoms with van der Waals surface area (Å²) in [5.74, 6) is 1.98. The lowest BCUT2D eigenvalue weighted by Gasteiger charge is -2.33. The van der Waals surface area contributed by atoms with Gasteiger partial charge < -0.3 is 15.0 Å². The summed E-state index contributed by atoms with van der Waals surface area (Å²) in [5, 5.41) is 3.45. The summed E-state index contributed by atoms with van der Waals surface area (Å²) in [4.78, 5) is 9.73. The molecule has 0 aliphatic carbocycles. The molecule has 2 aliphatic rings. The fraction of sp³-hybridized carbons (Fsp3) is 0.938. The average Bonchev–Trinajstić information content (AvgIpc) is 2.52. The molecule has 130 valence electrons. The molecule has 0 atom stereocenters. The fourth-order valence-corrected chi connectivity index (χ4v) is 2.95. The summed E-state index contributed by atoms with van der Waals surface area (Å²) in [5.41, 5.74) is 0. The van der Waals surface area contributed by atoms with Crippen LogP contribution in [0.5, 0.6) is 0 Å². The summed E-state index contributed by atoms with van der Waals surface area (Å²) in [7, 11) is 0. The first kappa shape index (κ1) is 20.0. The Labute approximate surface area is 152 Å². The SMILES string of the molecule is CCNC(=NCCCN1CCOCC1)N1CCC(C)CC1.I. The van der Waals surface area contributed by atoms with E-state index in [4.69, 9.17) is 9.73 Å². The van der Waals surface area contributed by atoms with Crippen LogP contribution in [0.15, 0.2) is 4.99 Å². The van der Waals surface area contributed by atoms with Crippen molar-refractivity contribution < 1.29 is 4.74 Å². The molecule has 2 saturated heterocycles. The highest BCUT2D eigenvalue weighted by molar-refractivity contribution is 14.0. The van der Waals surface area contributed by atoms with Crippen LogP contribution in [-0.2, 0) is 4.74 Å². The molecule has 1 N–H and O–H groups in total. The summed E-state index contributed by atoms with van der Waals surface area (Å²) in [6.07, 6.45) is 3.72. The van der Waals surface area contributed by atoms with Crippen molar-refractivity contribution in [1.29, 1.82) is 0 Å². The maximum Gasteiger partial charge on any atom is 0.193 e. The van der Waals surface area contributed by atoms with Crippen LogP contribution < -0.4 is 5.32 Å². The predicted molar refractivity (Wildman–Crippen MR) is 103 cm³/mol. The van der Waals surface area contributed by atoms with E-state index in [1.54, 1.807) is 0 Å². The van der Waals surface area contributed by atoms with Gasteiger partial charge in [-0.3, -0.25) is 9.89 Å². The molecule has 0 aromatic carbocycles. The minimum Gasteiger partial charge on any atom is -0.379 e. The van der Waals surface area contributed by atoms with Crippen LogP contribution in [0.2, 0.25) is 0 Å². The number of nitrogens with one attached hydrogen (secondary N) is 1. The van der Waals surface area contributed by atoms with Crippen LogP contribution in [0.25, 0.3) is 0 Å². The standard InChI is InChI=1S/C16H32N4O.HI/c1-3-17-16(20-9-5-15(2)6-10-20)18-7-4-8-19-11-13-21-14-12-19;/h15H,3-14H2,1-2H3,(H,17,18);1H. The third-order valence-corrected chi connectivity index (χ3v) is 4.42. The third kappa shape index (κ3) is 7.00. The van der Waals surface area contributed by atoms with Crippen molar-refractivity contribution in [1.82, 2.24) is 15.1 Å². The number of piperidine rings is 1. The lowest BCUT2D eigenvalue weighted by molar-refractivity contribution is 0.0377. The molecule has 0 spiro atoms. The number of aliphatic imine (C=N–C) groups is 1. The maximum absolute atomic E-state index is 5.38. The van der Waals surface area contributed by atoms with Gasteiger partial charge in [-0.1, -0.05) is 6.92 Å². The number of hydrogen-bond acceptors (Lipinski definition) is 3. The largest absolute Gasteiger partial charge is 0.379 e. The molecule has 0 radical (unpaired) electrons. The van der Waals surface area contributed by atoms with Gasteiger partial charge in [0.15, 0.2) is 5.96 Å². The maximum atomic E-state index is 5.38. The first-order chi connectivity index (χ1) is 10.3. The highest BCUT2D eigenvalue weighted by Gasteiger charge is 2.18. The summed E-state index contributed by atoms with van der Waals surface area (Å²) in [6, 6.07) is 0. The van der Waals surface area contributed by atoms with E-state index in [2.05, 4.69) is 29.0 Å². The summed E-state index contributed by atoms with van der Waals surface area (Å²) in [6.45, 7) is 13.7. The van der Waals surface area contributed by atoms with Crippen LogP contribution in [0, 0.1) is 5.92 Å². The number of likely N-dealkylation sites (tertiary alicyclic amines) is 1. The summed E-state index contributed by atoms with van der Waals surface area (Å²) >= 11 is 0. The van der Waals surface area contributed by atoms with Crippen molar-refractivity contribution in [3.05, 3.63) is 0 Å². The predicted octanol–water partition coefficient (Wildman–Crippen LogP) is 2.02. The minimum atomic E-state index is 0. The molecule has 6 heteroatoms. The smallest absolute Gasteiger partial charge is 0.193 e. The highest BCUT2D eigenvalue weighted by atomic mass is 127. The Morgan fingerprint density at radius 2 is 1.86 bits per heavy atom. The van der Waals surface area contributed by atoms with Gasteiger partial charge in [0.25, 0.3) is 0 Å². The Hall–Kier alpha value is -0.0800. The molecule has 0 aromatic rings. The number of nitrogens with zero attached hydrogens (tertiary/aromatic N) is 3. The highest BCUT2D eigenvalue weighted by Crippen LogP contribution is 2.15. The molecule has 2 fully saturated rings. The quantitative estimate of drug-likeness (QED) is 0.317. The lowest BCUT2D eigenvalue weighted by Crippen LogP contribution is -2.45. The molecule has 22 heavy (non-hydrogen) atoms. The van der Waals surface area contributed by atoms with Gasteiger partial charge in [0, 0.05) is 45.8 Å². The van der Waals surface area contributed by atoms with Crippen molar-refractivity contribution in [2.45, 2.75) is 33.1 Å². The molecule has 2 rings (SSSR count). The van der Waals surface area contributed by atoms with E-state index in [-0.39, 0.29) is 24.0 Å². The van der Waals surface area contributed by atoms with Crippen molar-refractivity contribution >= 4 is 29.9 Å². The van der Waals surface area contributed by atoms with Crippen LogP contribution >= 0.6 is 24.0 Å². The number of guanidine groups is 1. The minimum absolute atomic E-state index is 0. The van der Waals surface area contributed by atoms with Gasteiger partial charge >= 0.3 is 0 Å². The van der Waals surface area contributed by atoms with Crippen molar-refractivity contribution in [2.24, 2.45) is 10.9 Å². The van der Waals surface area contributed by atoms with E-state index in [1.165, 1.54) is 12.8 Å². The van der Waals surface area contributed by atoms with Gasteiger partial charge in [-0.15, -0.1) is 24.0 Å². The first-order valence-corrected chi connectivity index (χ1v) is 8.63. The number of hydrogen-bond donors (Lipinski definition) is 1. The normalized spacial score (nSPS) is 21.5. The molecule has 5 nitrogen and oxygen atoms in total. The molecule has 2 heterocycles. The van der Waals surface area contributed by atoms with Crippen LogP contribution in [0.1, 0.15) is 33.1 Å². The van der Waals surface area contributed by atoms with Crippen molar-refractivity contribution in [2.75, 3.05) is 59.0 Å². The second-order valence-electron chi connectivity index (χ2n) is 6.21. The fourth-order valence-electron chi connectivity index (χ4n) is 2.95. The number of morpholine rings is 1. The van der Waals surface area contributed by atoms with E-state index in [0.29, 0.717) is 0 Å². The first-order valence-electron chi connectivity index (χ1n) is 8.63. The molecule has 0 amide bonds. The second-order valence-corrected chi connectivity index (χ2v) is 6.21. The molecular weight excluding hydrogens is 391 g/mol. The zero-order valence-electron chi connectivity index (χ0n) is 14.2. The monoisotopic (exact) mass is 424 g/mol. The lowest BCUT2D eigenvalue weighted by atomic mass is 10.00. The van der Waals surface area contributed by atoms with Gasteiger partial charge in [-0.2, -0.15) is 0 Å². The Morgan fingerprint density at radius 3 is 2.50 bits per heavy atom. The zero-order valence-corrected chi connectivity index (χ0v) is 16.6.